The van der Waals surface area contributed by atoms with Gasteiger partial charge in [-0.2, -0.15) is 0 Å². The van der Waals surface area contributed by atoms with Crippen LogP contribution in [0.1, 0.15) is 49.3 Å². The minimum Gasteiger partial charge on any atom is -0.388 e. The maximum absolute atomic E-state index is 12.6. The molecule has 3 rings (SSSR count). The van der Waals surface area contributed by atoms with E-state index in [0.717, 1.165) is 18.4 Å². The van der Waals surface area contributed by atoms with Gasteiger partial charge in [0.15, 0.2) is 0 Å². The lowest BCUT2D eigenvalue weighted by atomic mass is 9.80. The molecule has 1 saturated carbocycles. The molecule has 22 heavy (non-hydrogen) atoms. The number of carbonyl (C=O) groups is 1. The molecule has 1 aromatic carbocycles. The van der Waals surface area contributed by atoms with Crippen LogP contribution in [0.25, 0.3) is 11.0 Å². The van der Waals surface area contributed by atoms with Crippen molar-refractivity contribution in [2.75, 3.05) is 0 Å². The average Bonchev–Trinajstić information content (AvgIpc) is 2.88. The summed E-state index contributed by atoms with van der Waals surface area (Å²) in [6, 6.07) is 5.72. The van der Waals surface area contributed by atoms with Gasteiger partial charge in [-0.25, -0.2) is 4.98 Å². The molecule has 0 saturated heterocycles. The Labute approximate surface area is 130 Å². The van der Waals surface area contributed by atoms with Crippen LogP contribution < -0.4 is 5.32 Å². The van der Waals surface area contributed by atoms with Crippen molar-refractivity contribution in [1.82, 2.24) is 15.3 Å². The first-order valence-corrected chi connectivity index (χ1v) is 7.96. The average molecular weight is 301 g/mol. The standard InChI is InChI=1S/C17H23N3O2/c1-10-6-11(2)8-12(7-10)18-17(22)13-4-3-5-14-16(13)20-15(9-21)19-14/h3-5,10-12,21H,6-9H2,1-2H3,(H,18,22)(H,19,20). The van der Waals surface area contributed by atoms with Crippen molar-refractivity contribution in [3.8, 4) is 0 Å². The number of para-hydroxylation sites is 1. The summed E-state index contributed by atoms with van der Waals surface area (Å²) in [5, 5.41) is 12.4. The molecule has 1 aliphatic carbocycles. The number of rotatable bonds is 3. The van der Waals surface area contributed by atoms with E-state index in [9.17, 15) is 9.90 Å². The summed E-state index contributed by atoms with van der Waals surface area (Å²) in [7, 11) is 0. The summed E-state index contributed by atoms with van der Waals surface area (Å²) in [5.41, 5.74) is 1.97. The van der Waals surface area contributed by atoms with Gasteiger partial charge in [-0.05, 0) is 43.2 Å². The molecule has 2 aromatic rings. The minimum absolute atomic E-state index is 0.0760. The summed E-state index contributed by atoms with van der Waals surface area (Å²) in [5.74, 6) is 1.70. The van der Waals surface area contributed by atoms with E-state index < -0.39 is 0 Å². The van der Waals surface area contributed by atoms with Crippen LogP contribution >= 0.6 is 0 Å². The van der Waals surface area contributed by atoms with Gasteiger partial charge in [0, 0.05) is 6.04 Å². The fraction of sp³-hybridized carbons (Fsp3) is 0.529. The zero-order chi connectivity index (χ0) is 15.7. The molecule has 0 spiro atoms. The highest BCUT2D eigenvalue weighted by atomic mass is 16.3. The summed E-state index contributed by atoms with van der Waals surface area (Å²) in [6.45, 7) is 4.33. The van der Waals surface area contributed by atoms with Gasteiger partial charge in [0.2, 0.25) is 0 Å². The molecule has 1 fully saturated rings. The second-order valence-corrected chi connectivity index (χ2v) is 6.63. The second-order valence-electron chi connectivity index (χ2n) is 6.63. The number of hydrogen-bond donors (Lipinski definition) is 3. The molecule has 118 valence electrons. The lowest BCUT2D eigenvalue weighted by molar-refractivity contribution is 0.0912. The third-order valence-electron chi connectivity index (χ3n) is 4.47. The monoisotopic (exact) mass is 301 g/mol. The number of imidazole rings is 1. The number of nitrogens with one attached hydrogen (secondary N) is 2. The van der Waals surface area contributed by atoms with Crippen LogP contribution in [0.2, 0.25) is 0 Å². The molecule has 1 amide bonds. The van der Waals surface area contributed by atoms with Crippen LogP contribution in [0.4, 0.5) is 0 Å². The molecule has 0 radical (unpaired) electrons. The van der Waals surface area contributed by atoms with E-state index in [-0.39, 0.29) is 18.6 Å². The summed E-state index contributed by atoms with van der Waals surface area (Å²) in [6.07, 6.45) is 3.31. The molecular weight excluding hydrogens is 278 g/mol. The number of nitrogens with zero attached hydrogens (tertiary/aromatic N) is 1. The topological polar surface area (TPSA) is 78.0 Å². The SMILES string of the molecule is CC1CC(C)CC(NC(=O)c2cccc3[nH]c(CO)nc23)C1. The highest BCUT2D eigenvalue weighted by Crippen LogP contribution is 2.29. The van der Waals surface area contributed by atoms with Crippen LogP contribution in [0.3, 0.4) is 0 Å². The Balaban J connectivity index is 1.81. The van der Waals surface area contributed by atoms with Crippen molar-refractivity contribution >= 4 is 16.9 Å². The molecule has 5 nitrogen and oxygen atoms in total. The van der Waals surface area contributed by atoms with Crippen molar-refractivity contribution < 1.29 is 9.90 Å². The van der Waals surface area contributed by atoms with Crippen LogP contribution in [-0.2, 0) is 6.61 Å². The summed E-state index contributed by atoms with van der Waals surface area (Å²) in [4.78, 5) is 19.9. The number of carbonyl (C=O) groups excluding carboxylic acids is 1. The minimum atomic E-state index is -0.159. The van der Waals surface area contributed by atoms with Crippen molar-refractivity contribution in [1.29, 1.82) is 0 Å². The third kappa shape index (κ3) is 2.99. The zero-order valence-corrected chi connectivity index (χ0v) is 13.1. The summed E-state index contributed by atoms with van der Waals surface area (Å²) < 4.78 is 0. The van der Waals surface area contributed by atoms with Gasteiger partial charge >= 0.3 is 0 Å². The summed E-state index contributed by atoms with van der Waals surface area (Å²) >= 11 is 0. The molecule has 2 unspecified atom stereocenters. The highest BCUT2D eigenvalue weighted by molar-refractivity contribution is 6.05. The van der Waals surface area contributed by atoms with Gasteiger partial charge in [0.25, 0.3) is 5.91 Å². The molecule has 5 heteroatoms. The molecule has 0 aliphatic heterocycles. The number of benzene rings is 1. The van der Waals surface area contributed by atoms with E-state index >= 15 is 0 Å². The van der Waals surface area contributed by atoms with Crippen LogP contribution in [0.5, 0.6) is 0 Å². The number of aliphatic hydroxyl groups excluding tert-OH is 1. The Kier molecular flexibility index (Phi) is 4.16. The molecule has 1 heterocycles. The number of amides is 1. The van der Waals surface area contributed by atoms with Crippen LogP contribution in [0, 0.1) is 11.8 Å². The second kappa shape index (κ2) is 6.08. The first kappa shape index (κ1) is 15.0. The normalized spacial score (nSPS) is 25.3. The van der Waals surface area contributed by atoms with E-state index in [4.69, 9.17) is 0 Å². The Hall–Kier alpha value is -1.88. The first-order chi connectivity index (χ1) is 10.6. The molecule has 1 aromatic heterocycles. The third-order valence-corrected chi connectivity index (χ3v) is 4.47. The molecule has 3 N–H and O–H groups in total. The van der Waals surface area contributed by atoms with E-state index in [2.05, 4.69) is 29.1 Å². The van der Waals surface area contributed by atoms with Gasteiger partial charge in [0.05, 0.1) is 11.1 Å². The molecule has 2 atom stereocenters. The van der Waals surface area contributed by atoms with Gasteiger partial charge in [0.1, 0.15) is 17.9 Å². The van der Waals surface area contributed by atoms with Gasteiger partial charge < -0.3 is 15.4 Å². The predicted octanol–water partition coefficient (Wildman–Crippen LogP) is 2.61. The van der Waals surface area contributed by atoms with Gasteiger partial charge in [-0.15, -0.1) is 0 Å². The molecular formula is C17H23N3O2. The van der Waals surface area contributed by atoms with Crippen molar-refractivity contribution in [2.45, 2.75) is 45.8 Å². The van der Waals surface area contributed by atoms with Crippen molar-refractivity contribution in [3.63, 3.8) is 0 Å². The van der Waals surface area contributed by atoms with E-state index in [1.165, 1.54) is 6.42 Å². The molecule has 0 bridgehead atoms. The van der Waals surface area contributed by atoms with Crippen LogP contribution in [-0.4, -0.2) is 27.0 Å². The molecule has 1 aliphatic rings. The van der Waals surface area contributed by atoms with Gasteiger partial charge in [-0.3, -0.25) is 4.79 Å². The number of aromatic amines is 1. The number of aromatic nitrogens is 2. The number of fused-ring (bicyclic) bond motifs is 1. The van der Waals surface area contributed by atoms with Crippen molar-refractivity contribution in [3.05, 3.63) is 29.6 Å². The van der Waals surface area contributed by atoms with E-state index in [1.807, 2.05) is 12.1 Å². The fourth-order valence-electron chi connectivity index (χ4n) is 3.67. The number of hydrogen-bond acceptors (Lipinski definition) is 3. The fourth-order valence-corrected chi connectivity index (χ4v) is 3.67. The smallest absolute Gasteiger partial charge is 0.253 e. The highest BCUT2D eigenvalue weighted by Gasteiger charge is 2.26. The van der Waals surface area contributed by atoms with Crippen LogP contribution in [0.15, 0.2) is 18.2 Å². The van der Waals surface area contributed by atoms with E-state index in [0.29, 0.717) is 28.7 Å². The van der Waals surface area contributed by atoms with Crippen molar-refractivity contribution in [2.24, 2.45) is 11.8 Å². The Morgan fingerprint density at radius 2 is 2.05 bits per heavy atom. The Bertz CT molecular complexity index is 670. The maximum atomic E-state index is 12.6. The largest absolute Gasteiger partial charge is 0.388 e. The lowest BCUT2D eigenvalue weighted by Gasteiger charge is -2.32. The van der Waals surface area contributed by atoms with Gasteiger partial charge in [-0.1, -0.05) is 19.9 Å². The zero-order valence-electron chi connectivity index (χ0n) is 13.1. The number of aliphatic hydroxyl groups is 1. The maximum Gasteiger partial charge on any atom is 0.253 e. The quantitative estimate of drug-likeness (QED) is 0.815. The predicted molar refractivity (Wildman–Crippen MR) is 85.4 cm³/mol. The Morgan fingerprint density at radius 1 is 1.32 bits per heavy atom. The van der Waals surface area contributed by atoms with E-state index in [1.54, 1.807) is 6.07 Å². The lowest BCUT2D eigenvalue weighted by Crippen LogP contribution is -2.40. The Morgan fingerprint density at radius 3 is 2.73 bits per heavy atom. The number of H-pyrrole nitrogens is 1. The first-order valence-electron chi connectivity index (χ1n) is 7.96.